The molecule has 0 unspecified atom stereocenters. The zero-order valence-corrected chi connectivity index (χ0v) is 18.7. The van der Waals surface area contributed by atoms with Gasteiger partial charge in [-0.3, -0.25) is 14.3 Å². The van der Waals surface area contributed by atoms with Crippen LogP contribution in [0.5, 0.6) is 0 Å². The maximum absolute atomic E-state index is 13.6. The number of rotatable bonds is 7. The van der Waals surface area contributed by atoms with Crippen molar-refractivity contribution in [2.24, 2.45) is 0 Å². The molecule has 1 aromatic heterocycles. The molecule has 0 bridgehead atoms. The molecule has 2 heterocycles. The lowest BCUT2D eigenvalue weighted by molar-refractivity contribution is -0.133. The van der Waals surface area contributed by atoms with Crippen LogP contribution in [0.15, 0.2) is 60.7 Å². The third kappa shape index (κ3) is 4.16. The molecular formula is C25H28N4O3. The summed E-state index contributed by atoms with van der Waals surface area (Å²) >= 11 is 0. The van der Waals surface area contributed by atoms with Crippen molar-refractivity contribution in [3.8, 4) is 11.3 Å². The Morgan fingerprint density at radius 3 is 2.56 bits per heavy atom. The summed E-state index contributed by atoms with van der Waals surface area (Å²) in [6.07, 6.45) is 0. The van der Waals surface area contributed by atoms with Crippen LogP contribution in [0.25, 0.3) is 11.3 Å². The summed E-state index contributed by atoms with van der Waals surface area (Å²) in [5.41, 5.74) is 3.15. The topological polar surface area (TPSA) is 76.5 Å². The third-order valence-electron chi connectivity index (χ3n) is 5.91. The van der Waals surface area contributed by atoms with Gasteiger partial charge in [-0.05, 0) is 25.5 Å². The van der Waals surface area contributed by atoms with Gasteiger partial charge in [0.15, 0.2) is 0 Å². The van der Waals surface area contributed by atoms with E-state index in [-0.39, 0.29) is 18.4 Å². The van der Waals surface area contributed by atoms with Crippen molar-refractivity contribution in [2.45, 2.75) is 32.5 Å². The first kappa shape index (κ1) is 21.8. The van der Waals surface area contributed by atoms with Crippen molar-refractivity contribution in [1.82, 2.24) is 20.0 Å². The van der Waals surface area contributed by atoms with Gasteiger partial charge < -0.3 is 15.0 Å². The molecule has 7 nitrogen and oxygen atoms in total. The largest absolute Gasteiger partial charge is 0.383 e. The fraction of sp³-hybridized carbons (Fsp3) is 0.320. The Kier molecular flexibility index (Phi) is 6.10. The summed E-state index contributed by atoms with van der Waals surface area (Å²) in [5.74, 6) is -0.437. The Bertz CT molecular complexity index is 1110. The molecule has 2 aromatic carbocycles. The van der Waals surface area contributed by atoms with E-state index in [0.29, 0.717) is 31.1 Å². The highest BCUT2D eigenvalue weighted by Gasteiger charge is 2.47. The van der Waals surface area contributed by atoms with Crippen LogP contribution in [0.3, 0.4) is 0 Å². The molecule has 0 aliphatic carbocycles. The molecule has 1 aliphatic rings. The molecule has 3 aromatic rings. The standard InChI is InChI=1S/C25H28N4O3/c1-18-9-11-19(12-10-18)16-28-23(30)22-15-21(20-7-5-4-6-8-20)27-29(22)17-25(28,2)24(31)26-13-14-32-3/h4-12,15H,13-14,16-17H2,1-3H3,(H,26,31)/t25-/m1/s1. The van der Waals surface area contributed by atoms with E-state index < -0.39 is 5.54 Å². The number of carbonyl (C=O) groups is 2. The Labute approximate surface area is 188 Å². The number of aryl methyl sites for hydroxylation is 1. The first-order valence-corrected chi connectivity index (χ1v) is 10.7. The number of fused-ring (bicyclic) bond motifs is 1. The average Bonchev–Trinajstić information content (AvgIpc) is 3.22. The molecule has 0 fully saturated rings. The van der Waals surface area contributed by atoms with Gasteiger partial charge in [-0.1, -0.05) is 60.2 Å². The smallest absolute Gasteiger partial charge is 0.273 e. The van der Waals surface area contributed by atoms with Crippen LogP contribution in [0.2, 0.25) is 0 Å². The fourth-order valence-corrected chi connectivity index (χ4v) is 3.97. The first-order chi connectivity index (χ1) is 15.4. The zero-order chi connectivity index (χ0) is 22.7. The van der Waals surface area contributed by atoms with Gasteiger partial charge in [0.05, 0.1) is 18.8 Å². The minimum absolute atomic E-state index is 0.212. The summed E-state index contributed by atoms with van der Waals surface area (Å²) < 4.78 is 6.72. The Morgan fingerprint density at radius 2 is 1.88 bits per heavy atom. The minimum Gasteiger partial charge on any atom is -0.383 e. The summed E-state index contributed by atoms with van der Waals surface area (Å²) in [6.45, 7) is 5.20. The lowest BCUT2D eigenvalue weighted by Gasteiger charge is -2.43. The quantitative estimate of drug-likeness (QED) is 0.583. The van der Waals surface area contributed by atoms with Gasteiger partial charge in [0, 0.05) is 25.8 Å². The van der Waals surface area contributed by atoms with E-state index in [9.17, 15) is 9.59 Å². The molecule has 0 saturated carbocycles. The Morgan fingerprint density at radius 1 is 1.16 bits per heavy atom. The van der Waals surface area contributed by atoms with E-state index >= 15 is 0 Å². The van der Waals surface area contributed by atoms with Crippen LogP contribution < -0.4 is 5.32 Å². The lowest BCUT2D eigenvalue weighted by atomic mass is 9.94. The number of amides is 2. The Balaban J connectivity index is 1.71. The molecule has 2 amide bonds. The normalized spacial score (nSPS) is 17.8. The highest BCUT2D eigenvalue weighted by Crippen LogP contribution is 2.31. The van der Waals surface area contributed by atoms with E-state index in [1.807, 2.05) is 67.6 Å². The van der Waals surface area contributed by atoms with Gasteiger partial charge in [0.1, 0.15) is 11.2 Å². The molecule has 4 rings (SSSR count). The number of nitrogens with zero attached hydrogens (tertiary/aromatic N) is 3. The van der Waals surface area contributed by atoms with Gasteiger partial charge in [0.25, 0.3) is 5.91 Å². The summed E-state index contributed by atoms with van der Waals surface area (Å²) in [7, 11) is 1.59. The monoisotopic (exact) mass is 432 g/mol. The van der Waals surface area contributed by atoms with Crippen LogP contribution >= 0.6 is 0 Å². The maximum Gasteiger partial charge on any atom is 0.273 e. The van der Waals surface area contributed by atoms with Crippen LogP contribution in [0, 0.1) is 6.92 Å². The number of ether oxygens (including phenoxy) is 1. The van der Waals surface area contributed by atoms with Crippen LogP contribution in [-0.4, -0.2) is 52.3 Å². The number of carbonyl (C=O) groups excluding carboxylic acids is 2. The van der Waals surface area contributed by atoms with Gasteiger partial charge in [-0.25, -0.2) is 0 Å². The van der Waals surface area contributed by atoms with Gasteiger partial charge in [-0.2, -0.15) is 5.10 Å². The van der Waals surface area contributed by atoms with Crippen molar-refractivity contribution in [3.63, 3.8) is 0 Å². The number of aromatic nitrogens is 2. The minimum atomic E-state index is -1.09. The van der Waals surface area contributed by atoms with Crippen molar-refractivity contribution in [1.29, 1.82) is 0 Å². The van der Waals surface area contributed by atoms with Gasteiger partial charge in [0.2, 0.25) is 5.91 Å². The first-order valence-electron chi connectivity index (χ1n) is 10.7. The van der Waals surface area contributed by atoms with Crippen LogP contribution in [0.1, 0.15) is 28.5 Å². The number of hydrogen-bond acceptors (Lipinski definition) is 4. The molecule has 1 N–H and O–H groups in total. The molecule has 0 radical (unpaired) electrons. The van der Waals surface area contributed by atoms with E-state index in [0.717, 1.165) is 16.7 Å². The van der Waals surface area contributed by atoms with E-state index in [1.165, 1.54) is 0 Å². The highest BCUT2D eigenvalue weighted by atomic mass is 16.5. The third-order valence-corrected chi connectivity index (χ3v) is 5.91. The molecule has 0 spiro atoms. The van der Waals surface area contributed by atoms with Gasteiger partial charge in [-0.15, -0.1) is 0 Å². The fourth-order valence-electron chi connectivity index (χ4n) is 3.97. The molecule has 1 aliphatic heterocycles. The predicted octanol–water partition coefficient (Wildman–Crippen LogP) is 3.04. The summed E-state index contributed by atoms with van der Waals surface area (Å²) in [5, 5.41) is 7.57. The van der Waals surface area contributed by atoms with Crippen LogP contribution in [-0.2, 0) is 22.6 Å². The highest BCUT2D eigenvalue weighted by molar-refractivity contribution is 6.00. The average molecular weight is 433 g/mol. The predicted molar refractivity (Wildman–Crippen MR) is 122 cm³/mol. The molecular weight excluding hydrogens is 404 g/mol. The van der Waals surface area contributed by atoms with Crippen LogP contribution in [0.4, 0.5) is 0 Å². The molecule has 1 atom stereocenters. The SMILES string of the molecule is COCCNC(=O)[C@@]1(C)Cn2nc(-c3ccccc3)cc2C(=O)N1Cc1ccc(C)cc1. The van der Waals surface area contributed by atoms with E-state index in [2.05, 4.69) is 10.4 Å². The molecule has 7 heteroatoms. The second-order valence-electron chi connectivity index (χ2n) is 8.34. The van der Waals surface area contributed by atoms with E-state index in [4.69, 9.17) is 4.74 Å². The molecule has 32 heavy (non-hydrogen) atoms. The summed E-state index contributed by atoms with van der Waals surface area (Å²) in [4.78, 5) is 28.6. The van der Waals surface area contributed by atoms with Crippen molar-refractivity contribution < 1.29 is 14.3 Å². The van der Waals surface area contributed by atoms with Crippen molar-refractivity contribution >= 4 is 11.8 Å². The second-order valence-corrected chi connectivity index (χ2v) is 8.34. The second kappa shape index (κ2) is 8.96. The van der Waals surface area contributed by atoms with Gasteiger partial charge >= 0.3 is 0 Å². The number of nitrogens with one attached hydrogen (secondary N) is 1. The Hall–Kier alpha value is -3.45. The number of hydrogen-bond donors (Lipinski definition) is 1. The zero-order valence-electron chi connectivity index (χ0n) is 18.7. The van der Waals surface area contributed by atoms with Crippen molar-refractivity contribution in [2.75, 3.05) is 20.3 Å². The molecule has 0 saturated heterocycles. The maximum atomic E-state index is 13.6. The summed E-state index contributed by atoms with van der Waals surface area (Å²) in [6, 6.07) is 19.5. The number of benzene rings is 2. The lowest BCUT2D eigenvalue weighted by Crippen LogP contribution is -2.63. The van der Waals surface area contributed by atoms with Crippen molar-refractivity contribution in [3.05, 3.63) is 77.5 Å². The van der Waals surface area contributed by atoms with E-state index in [1.54, 1.807) is 23.6 Å². The number of methoxy groups -OCH3 is 1. The molecule has 166 valence electrons.